The van der Waals surface area contributed by atoms with Crippen molar-refractivity contribution in [1.29, 1.82) is 0 Å². The van der Waals surface area contributed by atoms with Gasteiger partial charge in [-0.2, -0.15) is 0 Å². The van der Waals surface area contributed by atoms with Crippen molar-refractivity contribution in [3.05, 3.63) is 67.4 Å². The fourth-order valence-corrected chi connectivity index (χ4v) is 5.26. The second kappa shape index (κ2) is 8.11. The summed E-state index contributed by atoms with van der Waals surface area (Å²) < 4.78 is 0. The Morgan fingerprint density at radius 2 is 1.69 bits per heavy atom. The van der Waals surface area contributed by atoms with Gasteiger partial charge < -0.3 is 5.11 Å². The highest BCUT2D eigenvalue weighted by Crippen LogP contribution is 2.41. The SMILES string of the molecule is Cc1cc(/C=C/C(=O)c2sc(C)c3c2CCC(C)(C)C3)cc(C)c1/C=C/C(=O)O. The topological polar surface area (TPSA) is 54.4 Å². The molecule has 0 aliphatic heterocycles. The van der Waals surface area contributed by atoms with Gasteiger partial charge in [-0.1, -0.05) is 32.1 Å². The molecule has 0 unspecified atom stereocenters. The maximum atomic E-state index is 12.9. The Labute approximate surface area is 176 Å². The molecular weight excluding hydrogens is 380 g/mol. The summed E-state index contributed by atoms with van der Waals surface area (Å²) in [6, 6.07) is 3.96. The van der Waals surface area contributed by atoms with Crippen LogP contribution in [0.1, 0.15) is 68.2 Å². The molecular formula is C25H28O3S. The number of carboxylic acids is 1. The number of aryl methyl sites for hydroxylation is 3. The number of benzene rings is 1. The van der Waals surface area contributed by atoms with Gasteiger partial charge >= 0.3 is 5.97 Å². The number of allylic oxidation sites excluding steroid dienone is 1. The summed E-state index contributed by atoms with van der Waals surface area (Å²) in [4.78, 5) is 25.9. The van der Waals surface area contributed by atoms with E-state index in [0.717, 1.165) is 52.5 Å². The lowest BCUT2D eigenvalue weighted by molar-refractivity contribution is -0.131. The molecule has 3 rings (SSSR count). The van der Waals surface area contributed by atoms with Gasteiger partial charge in [-0.3, -0.25) is 4.79 Å². The lowest BCUT2D eigenvalue weighted by Crippen LogP contribution is -2.22. The highest BCUT2D eigenvalue weighted by Gasteiger charge is 2.30. The molecule has 0 saturated heterocycles. The Morgan fingerprint density at radius 3 is 2.31 bits per heavy atom. The first-order valence-corrected chi connectivity index (χ1v) is 10.7. The molecule has 0 bridgehead atoms. The van der Waals surface area contributed by atoms with Crippen LogP contribution in [0.15, 0.2) is 24.3 Å². The van der Waals surface area contributed by atoms with E-state index >= 15 is 0 Å². The van der Waals surface area contributed by atoms with Crippen molar-refractivity contribution in [3.63, 3.8) is 0 Å². The molecule has 4 heteroatoms. The normalized spacial score (nSPS) is 15.8. The van der Waals surface area contributed by atoms with Crippen LogP contribution in [0.2, 0.25) is 0 Å². The summed E-state index contributed by atoms with van der Waals surface area (Å²) >= 11 is 1.63. The maximum absolute atomic E-state index is 12.9. The average molecular weight is 409 g/mol. The van der Waals surface area contributed by atoms with Crippen LogP contribution in [0.25, 0.3) is 12.2 Å². The molecule has 0 saturated carbocycles. The van der Waals surface area contributed by atoms with Crippen LogP contribution >= 0.6 is 11.3 Å². The van der Waals surface area contributed by atoms with Crippen molar-refractivity contribution in [2.45, 2.75) is 53.9 Å². The van der Waals surface area contributed by atoms with Crippen LogP contribution in [0, 0.1) is 26.2 Å². The Balaban J connectivity index is 1.85. The highest BCUT2D eigenvalue weighted by molar-refractivity contribution is 7.14. The van der Waals surface area contributed by atoms with Crippen molar-refractivity contribution in [1.82, 2.24) is 0 Å². The van der Waals surface area contributed by atoms with Crippen molar-refractivity contribution < 1.29 is 14.7 Å². The summed E-state index contributed by atoms with van der Waals surface area (Å²) in [5.41, 5.74) is 6.76. The quantitative estimate of drug-likeness (QED) is 0.474. The highest BCUT2D eigenvalue weighted by atomic mass is 32.1. The average Bonchev–Trinajstić information content (AvgIpc) is 2.94. The van der Waals surface area contributed by atoms with E-state index in [1.165, 1.54) is 16.0 Å². The molecule has 0 spiro atoms. The smallest absolute Gasteiger partial charge is 0.328 e. The van der Waals surface area contributed by atoms with Gasteiger partial charge in [0.25, 0.3) is 0 Å². The van der Waals surface area contributed by atoms with E-state index in [1.807, 2.05) is 32.1 Å². The van der Waals surface area contributed by atoms with E-state index in [1.54, 1.807) is 23.5 Å². The second-order valence-electron chi connectivity index (χ2n) is 8.72. The Hall–Kier alpha value is -2.46. The second-order valence-corrected chi connectivity index (χ2v) is 9.95. The maximum Gasteiger partial charge on any atom is 0.328 e. The number of carbonyl (C=O) groups excluding carboxylic acids is 1. The summed E-state index contributed by atoms with van der Waals surface area (Å²) in [5, 5.41) is 8.84. The number of carboxylic acid groups (broad SMARTS) is 1. The lowest BCUT2D eigenvalue weighted by atomic mass is 9.74. The van der Waals surface area contributed by atoms with E-state index in [9.17, 15) is 9.59 Å². The van der Waals surface area contributed by atoms with Crippen LogP contribution in [0.4, 0.5) is 0 Å². The van der Waals surface area contributed by atoms with E-state index in [2.05, 4.69) is 20.8 Å². The molecule has 1 aliphatic rings. The number of hydrogen-bond donors (Lipinski definition) is 1. The molecule has 3 nitrogen and oxygen atoms in total. The molecule has 0 amide bonds. The van der Waals surface area contributed by atoms with E-state index in [0.29, 0.717) is 5.41 Å². The first kappa shape index (κ1) is 21.3. The fraction of sp³-hybridized carbons (Fsp3) is 0.360. The zero-order chi connectivity index (χ0) is 21.3. The Morgan fingerprint density at radius 1 is 1.03 bits per heavy atom. The summed E-state index contributed by atoms with van der Waals surface area (Å²) in [5.74, 6) is -0.888. The summed E-state index contributed by atoms with van der Waals surface area (Å²) in [6.45, 7) is 10.6. The number of hydrogen-bond acceptors (Lipinski definition) is 3. The van der Waals surface area contributed by atoms with Gasteiger partial charge in [0.1, 0.15) is 0 Å². The van der Waals surface area contributed by atoms with Crippen LogP contribution in [-0.4, -0.2) is 16.9 Å². The number of fused-ring (bicyclic) bond motifs is 1. The molecule has 0 fully saturated rings. The standard InChI is InChI=1S/C25H28O3S/c1-15-12-18(13-16(2)19(15)7-9-23(27)28)6-8-22(26)24-20-10-11-25(4,5)14-21(20)17(3)29-24/h6-9,12-13H,10-11,14H2,1-5H3,(H,27,28)/b8-6+,9-7+. The molecule has 2 aromatic rings. The number of rotatable bonds is 5. The molecule has 1 aromatic heterocycles. The first-order valence-electron chi connectivity index (χ1n) is 9.93. The minimum absolute atomic E-state index is 0.0733. The molecule has 152 valence electrons. The monoisotopic (exact) mass is 408 g/mol. The molecule has 0 radical (unpaired) electrons. The van der Waals surface area contributed by atoms with Gasteiger partial charge in [0.15, 0.2) is 5.78 Å². The van der Waals surface area contributed by atoms with E-state index in [-0.39, 0.29) is 5.78 Å². The minimum Gasteiger partial charge on any atom is -0.478 e. The number of thiophene rings is 1. The number of ketones is 1. The first-order chi connectivity index (χ1) is 13.6. The van der Waals surface area contributed by atoms with Crippen molar-refractivity contribution in [2.24, 2.45) is 5.41 Å². The van der Waals surface area contributed by atoms with Gasteiger partial charge in [0.05, 0.1) is 4.88 Å². The predicted octanol–water partition coefficient (Wildman–Crippen LogP) is 6.18. The van der Waals surface area contributed by atoms with Gasteiger partial charge in [0.2, 0.25) is 0 Å². The third-order valence-electron chi connectivity index (χ3n) is 5.69. The van der Waals surface area contributed by atoms with Gasteiger partial charge in [-0.15, -0.1) is 11.3 Å². The van der Waals surface area contributed by atoms with Crippen LogP contribution in [0.5, 0.6) is 0 Å². The number of aliphatic carboxylic acids is 1. The van der Waals surface area contributed by atoms with Gasteiger partial charge in [-0.25, -0.2) is 4.79 Å². The van der Waals surface area contributed by atoms with Crippen molar-refractivity contribution >= 4 is 35.2 Å². The fourth-order valence-electron chi connectivity index (χ4n) is 4.12. The molecule has 1 N–H and O–H groups in total. The zero-order valence-electron chi connectivity index (χ0n) is 17.8. The van der Waals surface area contributed by atoms with Crippen molar-refractivity contribution in [3.8, 4) is 0 Å². The van der Waals surface area contributed by atoms with Crippen LogP contribution in [0.3, 0.4) is 0 Å². The Bertz CT molecular complexity index is 1010. The van der Waals surface area contributed by atoms with Crippen LogP contribution < -0.4 is 0 Å². The summed E-state index contributed by atoms with van der Waals surface area (Å²) in [7, 11) is 0. The molecule has 1 aromatic carbocycles. The number of carbonyl (C=O) groups is 2. The molecule has 1 heterocycles. The third kappa shape index (κ3) is 4.76. The summed E-state index contributed by atoms with van der Waals surface area (Å²) in [6.07, 6.45) is 9.44. The minimum atomic E-state index is -0.962. The lowest BCUT2D eigenvalue weighted by Gasteiger charge is -2.30. The van der Waals surface area contributed by atoms with Crippen LogP contribution in [-0.2, 0) is 17.6 Å². The van der Waals surface area contributed by atoms with E-state index in [4.69, 9.17) is 5.11 Å². The molecule has 0 atom stereocenters. The molecule has 1 aliphatic carbocycles. The Kier molecular flexibility index (Phi) is 5.95. The zero-order valence-corrected chi connectivity index (χ0v) is 18.6. The third-order valence-corrected chi connectivity index (χ3v) is 6.89. The predicted molar refractivity (Wildman–Crippen MR) is 121 cm³/mol. The molecule has 29 heavy (non-hydrogen) atoms. The van der Waals surface area contributed by atoms with Gasteiger partial charge in [0, 0.05) is 11.0 Å². The largest absolute Gasteiger partial charge is 0.478 e. The van der Waals surface area contributed by atoms with Crippen molar-refractivity contribution in [2.75, 3.05) is 0 Å². The van der Waals surface area contributed by atoms with Gasteiger partial charge in [-0.05, 0) is 91.0 Å². The van der Waals surface area contributed by atoms with E-state index < -0.39 is 5.97 Å².